The fraction of sp³-hybridized carbons (Fsp3) is 0.476. The third kappa shape index (κ3) is 4.62. The van der Waals surface area contributed by atoms with Crippen molar-refractivity contribution in [2.45, 2.75) is 56.7 Å². The van der Waals surface area contributed by atoms with Crippen LogP contribution in [-0.4, -0.2) is 14.3 Å². The summed E-state index contributed by atoms with van der Waals surface area (Å²) in [5, 5.41) is 0. The molecular weight excluding hydrogens is 361 g/mol. The molecule has 0 spiro atoms. The molecule has 1 aliphatic rings. The predicted octanol–water partition coefficient (Wildman–Crippen LogP) is 4.29. The van der Waals surface area contributed by atoms with Gasteiger partial charge in [0.25, 0.3) is 0 Å². The Morgan fingerprint density at radius 2 is 2.00 bits per heavy atom. The van der Waals surface area contributed by atoms with Gasteiger partial charge in [0.05, 0.1) is 5.69 Å². The van der Waals surface area contributed by atoms with Crippen LogP contribution in [0.4, 0.5) is 10.1 Å². The summed E-state index contributed by atoms with van der Waals surface area (Å²) in [7, 11) is 0. The van der Waals surface area contributed by atoms with Gasteiger partial charge in [-0.1, -0.05) is 25.0 Å². The number of benzene rings is 1. The Bertz CT molecular complexity index is 777. The molecule has 1 heterocycles. The van der Waals surface area contributed by atoms with Crippen LogP contribution in [0.5, 0.6) is 0 Å². The van der Waals surface area contributed by atoms with Crippen molar-refractivity contribution in [2.24, 2.45) is 5.92 Å². The minimum absolute atomic E-state index is 0.0931. The van der Waals surface area contributed by atoms with Gasteiger partial charge in [-0.05, 0) is 68.9 Å². The number of rotatable bonds is 7. The highest BCUT2D eigenvalue weighted by Gasteiger charge is 2.43. The molecule has 2 atom stereocenters. The summed E-state index contributed by atoms with van der Waals surface area (Å²) < 4.78 is 29.9. The topological polar surface area (TPSA) is 74.0 Å². The first-order valence-corrected chi connectivity index (χ1v) is 10.5. The second kappa shape index (κ2) is 7.78. The first kappa shape index (κ1) is 20.1. The van der Waals surface area contributed by atoms with E-state index in [2.05, 4.69) is 9.71 Å². The van der Waals surface area contributed by atoms with Gasteiger partial charge in [-0.15, -0.1) is 4.72 Å². The molecule has 0 saturated heterocycles. The molecular formula is C21H28FN3OS. The van der Waals surface area contributed by atoms with Crippen LogP contribution in [0.3, 0.4) is 0 Å². The fourth-order valence-corrected chi connectivity index (χ4v) is 4.15. The van der Waals surface area contributed by atoms with Gasteiger partial charge in [0.2, 0.25) is 0 Å². The second-order valence-electron chi connectivity index (χ2n) is 8.35. The smallest absolute Gasteiger partial charge is 0.146 e. The second-order valence-corrected chi connectivity index (χ2v) is 10.3. The average molecular weight is 390 g/mol. The zero-order valence-corrected chi connectivity index (χ0v) is 17.0. The number of pyridine rings is 1. The lowest BCUT2D eigenvalue weighted by Gasteiger charge is -2.38. The Balaban J connectivity index is 2.11. The van der Waals surface area contributed by atoms with E-state index in [0.29, 0.717) is 5.92 Å². The highest BCUT2D eigenvalue weighted by atomic mass is 32.2. The van der Waals surface area contributed by atoms with Crippen LogP contribution in [0.1, 0.15) is 57.6 Å². The average Bonchev–Trinajstić information content (AvgIpc) is 3.45. The Kier molecular flexibility index (Phi) is 5.79. The number of aromatic nitrogens is 1. The van der Waals surface area contributed by atoms with Crippen LogP contribution < -0.4 is 10.5 Å². The summed E-state index contributed by atoms with van der Waals surface area (Å²) in [5.41, 5.74) is 6.96. The summed E-state index contributed by atoms with van der Waals surface area (Å²) in [4.78, 5) is 4.28. The third-order valence-electron chi connectivity index (χ3n) is 5.09. The number of nitrogens with one attached hydrogen (secondary N) is 1. The van der Waals surface area contributed by atoms with Gasteiger partial charge < -0.3 is 10.3 Å². The summed E-state index contributed by atoms with van der Waals surface area (Å²) in [5.74, 6) is 0.252. The number of nitrogen functional groups attached to an aromatic ring is 1. The molecule has 146 valence electrons. The number of halogens is 1. The molecule has 1 saturated carbocycles. The number of hydrogen-bond donors (Lipinski definition) is 2. The standard InChI is InChI=1S/C21H28FN3OS/c1-20(2,3)27(26)25-21(11-10-15-6-7-15,17-5-4-12-24-14-17)16-8-9-18(22)19(23)13-16/h4-5,8-9,12-15,25H,6-7,10-11,23H2,1-3H3/t21-,27?/m0/s1. The molecule has 1 fully saturated rings. The van der Waals surface area contributed by atoms with E-state index in [4.69, 9.17) is 5.73 Å². The molecule has 1 aliphatic carbocycles. The molecule has 1 aromatic heterocycles. The molecule has 6 heteroatoms. The monoisotopic (exact) mass is 389 g/mol. The van der Waals surface area contributed by atoms with Gasteiger partial charge in [0.15, 0.2) is 0 Å². The van der Waals surface area contributed by atoms with Crippen LogP contribution >= 0.6 is 0 Å². The lowest BCUT2D eigenvalue weighted by atomic mass is 9.80. The van der Waals surface area contributed by atoms with E-state index in [0.717, 1.165) is 24.0 Å². The maximum atomic E-state index is 13.8. The molecule has 1 aromatic carbocycles. The van der Waals surface area contributed by atoms with Crippen molar-refractivity contribution in [2.75, 3.05) is 5.73 Å². The first-order valence-electron chi connectivity index (χ1n) is 9.38. The molecule has 3 N–H and O–H groups in total. The van der Waals surface area contributed by atoms with E-state index < -0.39 is 27.5 Å². The van der Waals surface area contributed by atoms with E-state index >= 15 is 0 Å². The van der Waals surface area contributed by atoms with Crippen molar-refractivity contribution in [1.29, 1.82) is 0 Å². The number of hydrogen-bond acceptors (Lipinski definition) is 4. The van der Waals surface area contributed by atoms with Gasteiger partial charge in [-0.25, -0.2) is 4.39 Å². The highest BCUT2D eigenvalue weighted by Crippen LogP contribution is 2.42. The SMILES string of the molecule is CC(C)(C)[S+]([O-])N[C@](CCC1CC1)(c1cccnc1)c1ccc(F)c(N)c1. The molecule has 1 unspecified atom stereocenters. The molecule has 0 aliphatic heterocycles. The van der Waals surface area contributed by atoms with E-state index in [1.807, 2.05) is 32.9 Å². The highest BCUT2D eigenvalue weighted by molar-refractivity contribution is 7.90. The van der Waals surface area contributed by atoms with Crippen molar-refractivity contribution in [3.05, 3.63) is 59.7 Å². The fourth-order valence-electron chi connectivity index (χ4n) is 3.19. The van der Waals surface area contributed by atoms with Gasteiger partial charge in [-0.3, -0.25) is 4.98 Å². The largest absolute Gasteiger partial charge is 0.598 e. The number of anilines is 1. The van der Waals surface area contributed by atoms with Crippen molar-refractivity contribution >= 4 is 17.0 Å². The van der Waals surface area contributed by atoms with Crippen LogP contribution in [0.15, 0.2) is 42.7 Å². The van der Waals surface area contributed by atoms with Crippen molar-refractivity contribution in [3.8, 4) is 0 Å². The molecule has 27 heavy (non-hydrogen) atoms. The minimum atomic E-state index is -1.33. The Hall–Kier alpha value is -1.63. The zero-order chi connectivity index (χ0) is 19.7. The van der Waals surface area contributed by atoms with Gasteiger partial charge in [0.1, 0.15) is 16.1 Å². The van der Waals surface area contributed by atoms with E-state index in [1.54, 1.807) is 24.5 Å². The van der Waals surface area contributed by atoms with Crippen molar-refractivity contribution in [3.63, 3.8) is 0 Å². The van der Waals surface area contributed by atoms with Crippen molar-refractivity contribution < 1.29 is 8.94 Å². The summed E-state index contributed by atoms with van der Waals surface area (Å²) in [6.07, 6.45) is 7.72. The van der Waals surface area contributed by atoms with Gasteiger partial charge in [-0.2, -0.15) is 0 Å². The zero-order valence-electron chi connectivity index (χ0n) is 16.2. The Morgan fingerprint density at radius 3 is 2.56 bits per heavy atom. The number of nitrogens with two attached hydrogens (primary N) is 1. The third-order valence-corrected chi connectivity index (χ3v) is 6.74. The normalized spacial score (nSPS) is 18.1. The van der Waals surface area contributed by atoms with Gasteiger partial charge >= 0.3 is 0 Å². The Labute approximate surface area is 164 Å². The predicted molar refractivity (Wildman–Crippen MR) is 109 cm³/mol. The first-order chi connectivity index (χ1) is 12.7. The molecule has 3 rings (SSSR count). The van der Waals surface area contributed by atoms with Crippen LogP contribution in [0, 0.1) is 11.7 Å². The summed E-state index contributed by atoms with van der Waals surface area (Å²) in [6.45, 7) is 5.80. The number of nitrogens with zero attached hydrogens (tertiary/aromatic N) is 1. The van der Waals surface area contributed by atoms with Crippen LogP contribution in [-0.2, 0) is 16.9 Å². The van der Waals surface area contributed by atoms with Crippen molar-refractivity contribution in [1.82, 2.24) is 9.71 Å². The summed E-state index contributed by atoms with van der Waals surface area (Å²) in [6, 6.07) is 8.62. The minimum Gasteiger partial charge on any atom is -0.598 e. The molecule has 0 amide bonds. The molecule has 0 bridgehead atoms. The molecule has 0 radical (unpaired) electrons. The Morgan fingerprint density at radius 1 is 1.26 bits per heavy atom. The summed E-state index contributed by atoms with van der Waals surface area (Å²) >= 11 is -1.33. The molecule has 2 aromatic rings. The van der Waals surface area contributed by atoms with Gasteiger partial charge in [0, 0.05) is 23.8 Å². The van der Waals surface area contributed by atoms with E-state index in [9.17, 15) is 8.94 Å². The molecule has 4 nitrogen and oxygen atoms in total. The quantitative estimate of drug-likeness (QED) is 0.547. The maximum Gasteiger partial charge on any atom is 0.146 e. The lowest BCUT2D eigenvalue weighted by Crippen LogP contribution is -2.52. The van der Waals surface area contributed by atoms with Crippen LogP contribution in [0.25, 0.3) is 0 Å². The van der Waals surface area contributed by atoms with Crippen LogP contribution in [0.2, 0.25) is 0 Å². The maximum absolute atomic E-state index is 13.8. The van der Waals surface area contributed by atoms with E-state index in [1.165, 1.54) is 18.9 Å². The lowest BCUT2D eigenvalue weighted by molar-refractivity contribution is 0.400. The van der Waals surface area contributed by atoms with E-state index in [-0.39, 0.29) is 5.69 Å².